The number of carbonyl (C=O) groups is 2. The summed E-state index contributed by atoms with van der Waals surface area (Å²) in [5.41, 5.74) is 0. The Bertz CT molecular complexity index is 460. The highest BCUT2D eigenvalue weighted by Gasteiger charge is 2.40. The second-order valence-electron chi connectivity index (χ2n) is 7.93. The van der Waals surface area contributed by atoms with Crippen LogP contribution in [0.2, 0.25) is 0 Å². The van der Waals surface area contributed by atoms with Gasteiger partial charge in [0.2, 0.25) is 0 Å². The molecular formula is C22H38O5. The molecule has 0 aromatic heterocycles. The highest BCUT2D eigenvalue weighted by molar-refractivity contribution is 5.78. The number of carbonyl (C=O) groups excluding carboxylic acids is 1. The molecule has 0 spiro atoms. The van der Waals surface area contributed by atoms with E-state index in [-0.39, 0.29) is 24.0 Å². The van der Waals surface area contributed by atoms with Crippen LogP contribution in [0.4, 0.5) is 0 Å². The molecule has 4 atom stereocenters. The van der Waals surface area contributed by atoms with Crippen LogP contribution in [-0.2, 0) is 9.59 Å². The normalized spacial score (nSPS) is 25.3. The van der Waals surface area contributed by atoms with Gasteiger partial charge in [-0.2, -0.15) is 0 Å². The van der Waals surface area contributed by atoms with E-state index in [1.54, 1.807) is 0 Å². The molecule has 1 saturated carbocycles. The molecule has 0 aliphatic heterocycles. The van der Waals surface area contributed by atoms with Gasteiger partial charge in [-0.1, -0.05) is 44.8 Å². The van der Waals surface area contributed by atoms with Gasteiger partial charge >= 0.3 is 5.97 Å². The Hall–Kier alpha value is -1.20. The van der Waals surface area contributed by atoms with Crippen molar-refractivity contribution in [3.8, 4) is 0 Å². The first-order valence-electron chi connectivity index (χ1n) is 10.7. The van der Waals surface area contributed by atoms with Gasteiger partial charge in [0.15, 0.2) is 0 Å². The highest BCUT2D eigenvalue weighted by Crippen LogP contribution is 2.38. The van der Waals surface area contributed by atoms with Crippen molar-refractivity contribution in [2.75, 3.05) is 0 Å². The summed E-state index contributed by atoms with van der Waals surface area (Å²) < 4.78 is 0. The van der Waals surface area contributed by atoms with E-state index in [0.29, 0.717) is 44.9 Å². The number of aliphatic carboxylic acids is 1. The SMILES string of the molecule is CCCCCCCC(=O)CC[C@@H]1[C@@H](CC=CCCCC(=O)O)[C@H](O)C[C@H]1O. The van der Waals surface area contributed by atoms with E-state index in [4.69, 9.17) is 5.11 Å². The summed E-state index contributed by atoms with van der Waals surface area (Å²) in [7, 11) is 0. The van der Waals surface area contributed by atoms with Crippen molar-refractivity contribution in [2.45, 2.75) is 103 Å². The van der Waals surface area contributed by atoms with Crippen LogP contribution < -0.4 is 0 Å². The smallest absolute Gasteiger partial charge is 0.303 e. The second-order valence-corrected chi connectivity index (χ2v) is 7.93. The maximum atomic E-state index is 12.1. The number of ketones is 1. The monoisotopic (exact) mass is 382 g/mol. The maximum absolute atomic E-state index is 12.1. The van der Waals surface area contributed by atoms with Crippen LogP contribution in [0, 0.1) is 11.8 Å². The van der Waals surface area contributed by atoms with Gasteiger partial charge in [0, 0.05) is 19.3 Å². The number of carboxylic acid groups (broad SMARTS) is 1. The minimum Gasteiger partial charge on any atom is -0.481 e. The minimum atomic E-state index is -0.784. The van der Waals surface area contributed by atoms with Crippen molar-refractivity contribution in [3.05, 3.63) is 12.2 Å². The zero-order chi connectivity index (χ0) is 20.1. The van der Waals surface area contributed by atoms with Crippen LogP contribution in [0.15, 0.2) is 12.2 Å². The van der Waals surface area contributed by atoms with E-state index >= 15 is 0 Å². The van der Waals surface area contributed by atoms with Crippen molar-refractivity contribution in [2.24, 2.45) is 11.8 Å². The number of aliphatic hydroxyl groups is 2. The topological polar surface area (TPSA) is 94.8 Å². The molecule has 0 aromatic rings. The van der Waals surface area contributed by atoms with Crippen LogP contribution in [0.3, 0.4) is 0 Å². The van der Waals surface area contributed by atoms with Crippen molar-refractivity contribution >= 4 is 11.8 Å². The Morgan fingerprint density at radius 1 is 0.889 bits per heavy atom. The van der Waals surface area contributed by atoms with E-state index in [2.05, 4.69) is 6.92 Å². The molecule has 0 radical (unpaired) electrons. The van der Waals surface area contributed by atoms with Gasteiger partial charge in [-0.05, 0) is 50.4 Å². The molecule has 0 unspecified atom stereocenters. The number of allylic oxidation sites excluding steroid dienone is 2. The molecule has 1 fully saturated rings. The van der Waals surface area contributed by atoms with Gasteiger partial charge in [0.25, 0.3) is 0 Å². The van der Waals surface area contributed by atoms with Crippen molar-refractivity contribution < 1.29 is 24.9 Å². The lowest BCUT2D eigenvalue weighted by molar-refractivity contribution is -0.137. The molecule has 3 N–H and O–H groups in total. The highest BCUT2D eigenvalue weighted by atomic mass is 16.4. The third-order valence-electron chi connectivity index (χ3n) is 5.67. The Labute approximate surface area is 163 Å². The number of rotatable bonds is 15. The lowest BCUT2D eigenvalue weighted by Gasteiger charge is -2.22. The zero-order valence-electron chi connectivity index (χ0n) is 16.8. The van der Waals surface area contributed by atoms with Gasteiger partial charge in [-0.3, -0.25) is 9.59 Å². The van der Waals surface area contributed by atoms with Gasteiger partial charge in [-0.15, -0.1) is 0 Å². The summed E-state index contributed by atoms with van der Waals surface area (Å²) in [5.74, 6) is -0.573. The fourth-order valence-electron chi connectivity index (χ4n) is 4.03. The molecule has 1 aliphatic carbocycles. The first kappa shape index (κ1) is 23.8. The number of carboxylic acids is 1. The van der Waals surface area contributed by atoms with Crippen molar-refractivity contribution in [1.82, 2.24) is 0 Å². The third-order valence-corrected chi connectivity index (χ3v) is 5.67. The Balaban J connectivity index is 2.32. The molecule has 0 heterocycles. The van der Waals surface area contributed by atoms with Gasteiger partial charge in [0.05, 0.1) is 12.2 Å². The summed E-state index contributed by atoms with van der Waals surface area (Å²) in [6.07, 6.45) is 12.8. The summed E-state index contributed by atoms with van der Waals surface area (Å²) in [5, 5.41) is 29.1. The van der Waals surface area contributed by atoms with E-state index < -0.39 is 18.2 Å². The van der Waals surface area contributed by atoms with E-state index in [0.717, 1.165) is 12.8 Å². The fraction of sp³-hybridized carbons (Fsp3) is 0.818. The van der Waals surface area contributed by atoms with Gasteiger partial charge < -0.3 is 15.3 Å². The van der Waals surface area contributed by atoms with Crippen LogP contribution in [0.25, 0.3) is 0 Å². The molecule has 5 heteroatoms. The average molecular weight is 383 g/mol. The number of aliphatic hydroxyl groups excluding tert-OH is 2. The average Bonchev–Trinajstić information content (AvgIpc) is 2.88. The second kappa shape index (κ2) is 13.9. The Morgan fingerprint density at radius 3 is 2.30 bits per heavy atom. The van der Waals surface area contributed by atoms with E-state index in [9.17, 15) is 19.8 Å². The zero-order valence-corrected chi connectivity index (χ0v) is 16.8. The summed E-state index contributed by atoms with van der Waals surface area (Å²) in [4.78, 5) is 22.6. The molecule has 0 saturated heterocycles. The summed E-state index contributed by atoms with van der Waals surface area (Å²) >= 11 is 0. The molecule has 1 rings (SSSR count). The van der Waals surface area contributed by atoms with E-state index in [1.807, 2.05) is 12.2 Å². The lowest BCUT2D eigenvalue weighted by Crippen LogP contribution is -2.22. The summed E-state index contributed by atoms with van der Waals surface area (Å²) in [6.45, 7) is 2.17. The number of unbranched alkanes of at least 4 members (excludes halogenated alkanes) is 5. The molecule has 1 aliphatic rings. The molecule has 0 amide bonds. The van der Waals surface area contributed by atoms with Crippen LogP contribution in [0.5, 0.6) is 0 Å². The maximum Gasteiger partial charge on any atom is 0.303 e. The Morgan fingerprint density at radius 2 is 1.59 bits per heavy atom. The van der Waals surface area contributed by atoms with Crippen molar-refractivity contribution in [3.63, 3.8) is 0 Å². The van der Waals surface area contributed by atoms with Crippen LogP contribution >= 0.6 is 0 Å². The first-order valence-corrected chi connectivity index (χ1v) is 10.7. The van der Waals surface area contributed by atoms with Gasteiger partial charge in [-0.25, -0.2) is 0 Å². The number of hydrogen-bond acceptors (Lipinski definition) is 4. The van der Waals surface area contributed by atoms with Crippen LogP contribution in [0.1, 0.15) is 90.4 Å². The quantitative estimate of drug-likeness (QED) is 0.291. The van der Waals surface area contributed by atoms with Crippen molar-refractivity contribution in [1.29, 1.82) is 0 Å². The minimum absolute atomic E-state index is 0.0203. The first-order chi connectivity index (χ1) is 13.0. The molecule has 0 bridgehead atoms. The molecule has 5 nitrogen and oxygen atoms in total. The number of Topliss-reactive ketones (excluding diaryl/α,β-unsaturated/α-hetero) is 1. The fourth-order valence-corrected chi connectivity index (χ4v) is 4.03. The molecule has 156 valence electrons. The van der Waals surface area contributed by atoms with Gasteiger partial charge in [0.1, 0.15) is 5.78 Å². The standard InChI is InChI=1S/C22H38O5/c1-2-3-4-5-8-11-17(23)14-15-19-18(20(24)16-21(19)25)12-9-6-7-10-13-22(26)27/h6,9,18-21,24-25H,2-5,7-8,10-16H2,1H3,(H,26,27)/t18-,19-,20-,21-/m1/s1. The molecular weight excluding hydrogens is 344 g/mol. The third kappa shape index (κ3) is 10.1. The molecule has 0 aromatic carbocycles. The van der Waals surface area contributed by atoms with Crippen LogP contribution in [-0.4, -0.2) is 39.3 Å². The predicted molar refractivity (Wildman–Crippen MR) is 106 cm³/mol. The molecule has 27 heavy (non-hydrogen) atoms. The number of hydrogen-bond donors (Lipinski definition) is 3. The largest absolute Gasteiger partial charge is 0.481 e. The predicted octanol–water partition coefficient (Wildman–Crippen LogP) is 4.26. The Kier molecular flexibility index (Phi) is 12.3. The lowest BCUT2D eigenvalue weighted by atomic mass is 9.86. The summed E-state index contributed by atoms with van der Waals surface area (Å²) in [6, 6.07) is 0. The van der Waals surface area contributed by atoms with E-state index in [1.165, 1.54) is 19.3 Å².